The first-order valence-electron chi connectivity index (χ1n) is 8.02. The summed E-state index contributed by atoms with van der Waals surface area (Å²) in [6, 6.07) is 25.5. The highest BCUT2D eigenvalue weighted by Crippen LogP contribution is 2.20. The van der Waals surface area contributed by atoms with Crippen molar-refractivity contribution < 1.29 is 0 Å². The molecule has 23 heavy (non-hydrogen) atoms. The summed E-state index contributed by atoms with van der Waals surface area (Å²) in [5.41, 5.74) is 7.20. The monoisotopic (exact) mass is 296 g/mol. The average Bonchev–Trinajstić information content (AvgIpc) is 2.62. The van der Waals surface area contributed by atoms with Gasteiger partial charge in [-0.05, 0) is 54.3 Å². The SMILES string of the molecule is CCc1ccc(-c2ccc(C#Cc3ccc(C)cc3)cc2)cc1. The van der Waals surface area contributed by atoms with Crippen LogP contribution >= 0.6 is 0 Å². The first kappa shape index (κ1) is 15.1. The minimum atomic E-state index is 1.04. The maximum absolute atomic E-state index is 3.23. The third kappa shape index (κ3) is 3.90. The average molecular weight is 296 g/mol. The molecule has 0 amide bonds. The van der Waals surface area contributed by atoms with E-state index in [4.69, 9.17) is 0 Å². The fourth-order valence-corrected chi connectivity index (χ4v) is 2.46. The topological polar surface area (TPSA) is 0 Å². The Morgan fingerprint density at radius 3 is 1.52 bits per heavy atom. The molecule has 0 N–H and O–H groups in total. The Bertz CT molecular complexity index is 824. The van der Waals surface area contributed by atoms with Gasteiger partial charge in [0, 0.05) is 11.1 Å². The molecular weight excluding hydrogens is 276 g/mol. The zero-order valence-corrected chi connectivity index (χ0v) is 13.6. The van der Waals surface area contributed by atoms with E-state index < -0.39 is 0 Å². The smallest absolute Gasteiger partial charge is 0.0249 e. The molecule has 0 fully saturated rings. The summed E-state index contributed by atoms with van der Waals surface area (Å²) < 4.78 is 0. The highest BCUT2D eigenvalue weighted by Gasteiger charge is 1.97. The molecule has 0 saturated heterocycles. The Hall–Kier alpha value is -2.78. The van der Waals surface area contributed by atoms with Crippen LogP contribution < -0.4 is 0 Å². The Labute approximate surface area is 138 Å². The zero-order chi connectivity index (χ0) is 16.1. The molecule has 0 aromatic heterocycles. The van der Waals surface area contributed by atoms with E-state index in [1.165, 1.54) is 22.3 Å². The maximum atomic E-state index is 3.23. The minimum absolute atomic E-state index is 1.04. The molecule has 3 aromatic rings. The van der Waals surface area contributed by atoms with Gasteiger partial charge in [-0.25, -0.2) is 0 Å². The highest BCUT2D eigenvalue weighted by atomic mass is 14.0. The molecule has 0 heterocycles. The second-order valence-corrected chi connectivity index (χ2v) is 5.74. The lowest BCUT2D eigenvalue weighted by Gasteiger charge is -2.03. The van der Waals surface area contributed by atoms with E-state index in [9.17, 15) is 0 Å². The fourth-order valence-electron chi connectivity index (χ4n) is 2.46. The van der Waals surface area contributed by atoms with Crippen LogP contribution in [0.2, 0.25) is 0 Å². The van der Waals surface area contributed by atoms with Gasteiger partial charge >= 0.3 is 0 Å². The van der Waals surface area contributed by atoms with E-state index in [0.29, 0.717) is 0 Å². The third-order valence-electron chi connectivity index (χ3n) is 3.98. The Morgan fingerprint density at radius 2 is 1.04 bits per heavy atom. The third-order valence-corrected chi connectivity index (χ3v) is 3.98. The van der Waals surface area contributed by atoms with Crippen LogP contribution in [0.1, 0.15) is 29.2 Å². The predicted molar refractivity (Wildman–Crippen MR) is 98.4 cm³/mol. The summed E-state index contributed by atoms with van der Waals surface area (Å²) in [4.78, 5) is 0. The lowest BCUT2D eigenvalue weighted by atomic mass is 10.0. The van der Waals surface area contributed by atoms with Crippen LogP contribution in [0.4, 0.5) is 0 Å². The molecule has 0 aliphatic rings. The van der Waals surface area contributed by atoms with Crippen LogP contribution in [0.25, 0.3) is 11.1 Å². The quantitative estimate of drug-likeness (QED) is 0.538. The van der Waals surface area contributed by atoms with Crippen molar-refractivity contribution in [2.75, 3.05) is 0 Å². The normalized spacial score (nSPS) is 10.0. The summed E-state index contributed by atoms with van der Waals surface area (Å²) >= 11 is 0. The molecule has 3 aromatic carbocycles. The Kier molecular flexibility index (Phi) is 4.60. The summed E-state index contributed by atoms with van der Waals surface area (Å²) in [5.74, 6) is 6.44. The van der Waals surface area contributed by atoms with Crippen molar-refractivity contribution in [2.24, 2.45) is 0 Å². The molecule has 0 unspecified atom stereocenters. The van der Waals surface area contributed by atoms with Crippen molar-refractivity contribution in [3.05, 3.63) is 95.1 Å². The lowest BCUT2D eigenvalue weighted by molar-refractivity contribution is 1.14. The number of hydrogen-bond donors (Lipinski definition) is 0. The molecule has 0 bridgehead atoms. The van der Waals surface area contributed by atoms with E-state index >= 15 is 0 Å². The van der Waals surface area contributed by atoms with Gasteiger partial charge in [0.15, 0.2) is 0 Å². The van der Waals surface area contributed by atoms with Gasteiger partial charge in [0.2, 0.25) is 0 Å². The van der Waals surface area contributed by atoms with Crippen LogP contribution in [0.5, 0.6) is 0 Å². The Balaban J connectivity index is 1.78. The molecule has 0 aliphatic heterocycles. The van der Waals surface area contributed by atoms with Gasteiger partial charge in [-0.1, -0.05) is 72.9 Å². The van der Waals surface area contributed by atoms with Gasteiger partial charge in [-0.2, -0.15) is 0 Å². The minimum Gasteiger partial charge on any atom is -0.0617 e. The fraction of sp³-hybridized carbons (Fsp3) is 0.130. The van der Waals surface area contributed by atoms with Gasteiger partial charge < -0.3 is 0 Å². The molecule has 0 spiro atoms. The van der Waals surface area contributed by atoms with Crippen molar-refractivity contribution in [3.63, 3.8) is 0 Å². The number of benzene rings is 3. The summed E-state index contributed by atoms with van der Waals surface area (Å²) in [5, 5.41) is 0. The molecule has 0 aliphatic carbocycles. The molecule has 0 atom stereocenters. The Morgan fingerprint density at radius 1 is 0.609 bits per heavy atom. The first-order chi connectivity index (χ1) is 11.2. The largest absolute Gasteiger partial charge is 0.0617 e. The number of rotatable bonds is 2. The van der Waals surface area contributed by atoms with Crippen molar-refractivity contribution in [3.8, 4) is 23.0 Å². The van der Waals surface area contributed by atoms with Crippen molar-refractivity contribution in [2.45, 2.75) is 20.3 Å². The van der Waals surface area contributed by atoms with Crippen LogP contribution in [0.3, 0.4) is 0 Å². The zero-order valence-electron chi connectivity index (χ0n) is 13.6. The molecule has 0 saturated carbocycles. The van der Waals surface area contributed by atoms with Gasteiger partial charge in [-0.15, -0.1) is 0 Å². The van der Waals surface area contributed by atoms with Crippen LogP contribution in [-0.2, 0) is 6.42 Å². The summed E-state index contributed by atoms with van der Waals surface area (Å²) in [7, 11) is 0. The summed E-state index contributed by atoms with van der Waals surface area (Å²) in [6.07, 6.45) is 1.08. The second-order valence-electron chi connectivity index (χ2n) is 5.74. The maximum Gasteiger partial charge on any atom is 0.0249 e. The second kappa shape index (κ2) is 6.99. The van der Waals surface area contributed by atoms with E-state index in [0.717, 1.165) is 17.5 Å². The highest BCUT2D eigenvalue weighted by molar-refractivity contribution is 5.64. The van der Waals surface area contributed by atoms with Crippen molar-refractivity contribution >= 4 is 0 Å². The van der Waals surface area contributed by atoms with E-state index in [-0.39, 0.29) is 0 Å². The van der Waals surface area contributed by atoms with E-state index in [2.05, 4.69) is 98.5 Å². The number of aryl methyl sites for hydroxylation is 2. The van der Waals surface area contributed by atoms with Gasteiger partial charge in [0.25, 0.3) is 0 Å². The van der Waals surface area contributed by atoms with Crippen molar-refractivity contribution in [1.82, 2.24) is 0 Å². The standard InChI is InChI=1S/C23H20/c1-3-19-10-14-22(15-11-19)23-16-12-21(13-17-23)9-8-20-6-4-18(2)5-7-20/h4-7,10-17H,3H2,1-2H3. The molecule has 3 rings (SSSR count). The van der Waals surface area contributed by atoms with Crippen LogP contribution in [0, 0.1) is 18.8 Å². The first-order valence-corrected chi connectivity index (χ1v) is 8.02. The molecular formula is C23H20. The van der Waals surface area contributed by atoms with Gasteiger partial charge in [-0.3, -0.25) is 0 Å². The number of hydrogen-bond acceptors (Lipinski definition) is 0. The molecule has 0 nitrogen and oxygen atoms in total. The molecule has 0 heteroatoms. The molecule has 0 radical (unpaired) electrons. The summed E-state index contributed by atoms with van der Waals surface area (Å²) in [6.45, 7) is 4.26. The van der Waals surface area contributed by atoms with E-state index in [1.807, 2.05) is 0 Å². The molecule has 112 valence electrons. The van der Waals surface area contributed by atoms with E-state index in [1.54, 1.807) is 0 Å². The van der Waals surface area contributed by atoms with Gasteiger partial charge in [0.05, 0.1) is 0 Å². The lowest BCUT2D eigenvalue weighted by Crippen LogP contribution is -1.82. The van der Waals surface area contributed by atoms with Crippen molar-refractivity contribution in [1.29, 1.82) is 0 Å². The van der Waals surface area contributed by atoms with Crippen LogP contribution in [0.15, 0.2) is 72.8 Å². The van der Waals surface area contributed by atoms with Gasteiger partial charge in [0.1, 0.15) is 0 Å². The predicted octanol–water partition coefficient (Wildman–Crippen LogP) is 5.62. The van der Waals surface area contributed by atoms with Crippen LogP contribution in [-0.4, -0.2) is 0 Å².